The number of hydrogen-bond acceptors (Lipinski definition) is 3. The van der Waals surface area contributed by atoms with Gasteiger partial charge < -0.3 is 9.42 Å². The van der Waals surface area contributed by atoms with Gasteiger partial charge in [-0.2, -0.15) is 8.78 Å². The number of amides is 1. The molecule has 0 unspecified atom stereocenters. The molecule has 0 aliphatic carbocycles. The first-order valence-electron chi connectivity index (χ1n) is 5.01. The van der Waals surface area contributed by atoms with Crippen LogP contribution in [-0.2, 0) is 11.3 Å². The smallest absolute Gasteiger partial charge is 0.361 e. The predicted molar refractivity (Wildman–Crippen MR) is 53.4 cm³/mol. The van der Waals surface area contributed by atoms with Crippen molar-refractivity contribution in [1.29, 1.82) is 0 Å². The molecule has 0 bridgehead atoms. The summed E-state index contributed by atoms with van der Waals surface area (Å²) in [6.45, 7) is 2.84. The van der Waals surface area contributed by atoms with Crippen LogP contribution in [0.5, 0.6) is 0 Å². The van der Waals surface area contributed by atoms with Crippen molar-refractivity contribution in [1.82, 2.24) is 10.1 Å². The van der Waals surface area contributed by atoms with E-state index < -0.39 is 18.3 Å². The number of aryl methyl sites for hydroxylation is 2. The quantitative estimate of drug-likeness (QED) is 0.786. The van der Waals surface area contributed by atoms with Gasteiger partial charge in [0.1, 0.15) is 5.76 Å². The van der Waals surface area contributed by atoms with Gasteiger partial charge >= 0.3 is 12.3 Å². The van der Waals surface area contributed by atoms with E-state index in [0.717, 1.165) is 7.05 Å². The van der Waals surface area contributed by atoms with E-state index in [-0.39, 0.29) is 6.54 Å². The maximum absolute atomic E-state index is 12.8. The minimum Gasteiger partial charge on any atom is -0.361 e. The molecule has 0 saturated heterocycles. The summed E-state index contributed by atoms with van der Waals surface area (Å²) >= 11 is 0. The molecule has 0 spiro atoms. The molecule has 1 aromatic heterocycles. The van der Waals surface area contributed by atoms with Crippen molar-refractivity contribution in [3.05, 3.63) is 17.0 Å². The Bertz CT molecular complexity index is 426. The lowest BCUT2D eigenvalue weighted by Gasteiger charge is -2.22. The lowest BCUT2D eigenvalue weighted by Crippen LogP contribution is -2.45. The number of carbonyl (C=O) groups excluding carboxylic acids is 1. The Morgan fingerprint density at radius 3 is 2.39 bits per heavy atom. The molecule has 1 amide bonds. The number of carbonyl (C=O) groups is 1. The van der Waals surface area contributed by atoms with Crippen LogP contribution in [0.15, 0.2) is 4.52 Å². The van der Waals surface area contributed by atoms with Crippen LogP contribution in [0, 0.1) is 13.8 Å². The van der Waals surface area contributed by atoms with Crippen LogP contribution in [0.25, 0.3) is 0 Å². The third-order valence-electron chi connectivity index (χ3n) is 2.48. The SMILES string of the molecule is Cc1noc(C)c1CN(C)C(=O)C(F)(F)C(F)F. The number of alkyl halides is 4. The molecule has 1 rings (SSSR count). The summed E-state index contributed by atoms with van der Waals surface area (Å²) in [5.41, 5.74) is 0.850. The second-order valence-electron chi connectivity index (χ2n) is 3.89. The van der Waals surface area contributed by atoms with E-state index in [4.69, 9.17) is 4.52 Å². The Morgan fingerprint density at radius 2 is 2.00 bits per heavy atom. The van der Waals surface area contributed by atoms with E-state index in [1.165, 1.54) is 0 Å². The number of rotatable bonds is 4. The van der Waals surface area contributed by atoms with Crippen molar-refractivity contribution >= 4 is 5.91 Å². The first-order valence-corrected chi connectivity index (χ1v) is 5.01. The van der Waals surface area contributed by atoms with E-state index >= 15 is 0 Å². The Balaban J connectivity index is 2.84. The van der Waals surface area contributed by atoms with E-state index in [0.29, 0.717) is 21.9 Å². The lowest BCUT2D eigenvalue weighted by molar-refractivity contribution is -0.179. The second kappa shape index (κ2) is 4.95. The van der Waals surface area contributed by atoms with Crippen LogP contribution >= 0.6 is 0 Å². The van der Waals surface area contributed by atoms with Crippen molar-refractivity contribution in [2.24, 2.45) is 0 Å². The Labute approximate surface area is 101 Å². The largest absolute Gasteiger partial charge is 0.383 e. The van der Waals surface area contributed by atoms with Gasteiger partial charge in [0, 0.05) is 12.6 Å². The lowest BCUT2D eigenvalue weighted by atomic mass is 10.2. The van der Waals surface area contributed by atoms with E-state index in [1.807, 2.05) is 0 Å². The predicted octanol–water partition coefficient (Wildman–Crippen LogP) is 2.15. The summed E-state index contributed by atoms with van der Waals surface area (Å²) in [5.74, 6) is -6.27. The zero-order chi connectivity index (χ0) is 14.1. The van der Waals surface area contributed by atoms with Gasteiger partial charge in [-0.1, -0.05) is 5.16 Å². The van der Waals surface area contributed by atoms with Gasteiger partial charge in [0.15, 0.2) is 0 Å². The highest BCUT2D eigenvalue weighted by atomic mass is 19.3. The molecule has 0 aromatic carbocycles. The highest BCUT2D eigenvalue weighted by molar-refractivity contribution is 5.83. The normalized spacial score (nSPS) is 12.0. The van der Waals surface area contributed by atoms with Gasteiger partial charge in [0.2, 0.25) is 0 Å². The summed E-state index contributed by atoms with van der Waals surface area (Å²) in [6, 6.07) is 0. The standard InChI is InChI=1S/C10H12F4N2O2/c1-5-7(6(2)18-15-5)4-16(3)9(17)10(13,14)8(11)12/h8H,4H2,1-3H3. The third kappa shape index (κ3) is 2.62. The first kappa shape index (κ1) is 14.5. The summed E-state index contributed by atoms with van der Waals surface area (Å²) in [6.07, 6.45) is -4.03. The fourth-order valence-electron chi connectivity index (χ4n) is 1.38. The van der Waals surface area contributed by atoms with Gasteiger partial charge in [-0.3, -0.25) is 4.79 Å². The first-order chi connectivity index (χ1) is 8.17. The molecule has 4 nitrogen and oxygen atoms in total. The monoisotopic (exact) mass is 268 g/mol. The van der Waals surface area contributed by atoms with Crippen LogP contribution in [0.4, 0.5) is 17.6 Å². The number of nitrogens with zero attached hydrogens (tertiary/aromatic N) is 2. The van der Waals surface area contributed by atoms with Gasteiger partial charge in [-0.05, 0) is 13.8 Å². The highest BCUT2D eigenvalue weighted by Gasteiger charge is 2.50. The van der Waals surface area contributed by atoms with Crippen LogP contribution < -0.4 is 0 Å². The zero-order valence-electron chi connectivity index (χ0n) is 10.0. The minimum absolute atomic E-state index is 0.262. The van der Waals surface area contributed by atoms with Crippen LogP contribution in [0.2, 0.25) is 0 Å². The molecule has 0 aliphatic heterocycles. The van der Waals surface area contributed by atoms with Gasteiger partial charge in [-0.25, -0.2) is 8.78 Å². The minimum atomic E-state index is -4.69. The molecule has 8 heteroatoms. The van der Waals surface area contributed by atoms with Crippen LogP contribution in [0.3, 0.4) is 0 Å². The van der Waals surface area contributed by atoms with Crippen molar-refractivity contribution in [2.45, 2.75) is 32.7 Å². The Kier molecular flexibility index (Phi) is 3.98. The van der Waals surface area contributed by atoms with Crippen molar-refractivity contribution in [2.75, 3.05) is 7.05 Å². The molecule has 0 saturated carbocycles. The number of halogens is 4. The summed E-state index contributed by atoms with van der Waals surface area (Å²) in [4.78, 5) is 11.7. The Morgan fingerprint density at radius 1 is 1.44 bits per heavy atom. The van der Waals surface area contributed by atoms with E-state index in [1.54, 1.807) is 13.8 Å². The number of hydrogen-bond donors (Lipinski definition) is 0. The second-order valence-corrected chi connectivity index (χ2v) is 3.89. The fraction of sp³-hybridized carbons (Fsp3) is 0.600. The van der Waals surface area contributed by atoms with Crippen LogP contribution in [-0.4, -0.2) is 35.4 Å². The van der Waals surface area contributed by atoms with Crippen molar-refractivity contribution < 1.29 is 26.9 Å². The Hall–Kier alpha value is -1.60. The zero-order valence-corrected chi connectivity index (χ0v) is 10.0. The average molecular weight is 268 g/mol. The molecule has 102 valence electrons. The molecule has 1 heterocycles. The fourth-order valence-corrected chi connectivity index (χ4v) is 1.38. The molecule has 0 fully saturated rings. The van der Waals surface area contributed by atoms with Gasteiger partial charge in [-0.15, -0.1) is 0 Å². The molecule has 0 N–H and O–H groups in total. The third-order valence-corrected chi connectivity index (χ3v) is 2.48. The number of aromatic nitrogens is 1. The topological polar surface area (TPSA) is 46.3 Å². The summed E-state index contributed by atoms with van der Waals surface area (Å²) in [5, 5.41) is 3.58. The molecular weight excluding hydrogens is 256 g/mol. The summed E-state index contributed by atoms with van der Waals surface area (Å²) in [7, 11) is 1.02. The maximum Gasteiger partial charge on any atom is 0.383 e. The molecule has 1 aromatic rings. The van der Waals surface area contributed by atoms with Gasteiger partial charge in [0.25, 0.3) is 5.91 Å². The van der Waals surface area contributed by atoms with Crippen LogP contribution in [0.1, 0.15) is 17.0 Å². The van der Waals surface area contributed by atoms with Crippen molar-refractivity contribution in [3.63, 3.8) is 0 Å². The average Bonchev–Trinajstić information content (AvgIpc) is 2.59. The van der Waals surface area contributed by atoms with E-state index in [9.17, 15) is 22.4 Å². The molecule has 18 heavy (non-hydrogen) atoms. The molecule has 0 radical (unpaired) electrons. The van der Waals surface area contributed by atoms with Gasteiger partial charge in [0.05, 0.1) is 12.2 Å². The highest BCUT2D eigenvalue weighted by Crippen LogP contribution is 2.26. The molecule has 0 aliphatic rings. The van der Waals surface area contributed by atoms with E-state index in [2.05, 4.69) is 5.16 Å². The summed E-state index contributed by atoms with van der Waals surface area (Å²) < 4.78 is 54.5. The molecular formula is C10H12F4N2O2. The molecule has 0 atom stereocenters. The maximum atomic E-state index is 12.8. The van der Waals surface area contributed by atoms with Crippen molar-refractivity contribution in [3.8, 4) is 0 Å².